The van der Waals surface area contributed by atoms with Gasteiger partial charge in [0.2, 0.25) is 0 Å². The lowest BCUT2D eigenvalue weighted by atomic mass is 10.1. The molecule has 1 rings (SSSR count). The Morgan fingerprint density at radius 2 is 2.07 bits per heavy atom. The summed E-state index contributed by atoms with van der Waals surface area (Å²) < 4.78 is 0. The molecule has 0 bridgehead atoms. The highest BCUT2D eigenvalue weighted by Gasteiger charge is 2.18. The minimum Gasteiger partial charge on any atom is -0.334 e. The van der Waals surface area contributed by atoms with E-state index in [0.29, 0.717) is 6.04 Å². The van der Waals surface area contributed by atoms with Crippen molar-refractivity contribution in [1.82, 2.24) is 10.2 Å². The number of hydrogen-bond acceptors (Lipinski definition) is 2. The SMILES string of the molecule is CCC(CSC)NC(=O)N1CCCCC1. The topological polar surface area (TPSA) is 32.3 Å². The fourth-order valence-electron chi connectivity index (χ4n) is 1.83. The van der Waals surface area contributed by atoms with Gasteiger partial charge < -0.3 is 10.2 Å². The largest absolute Gasteiger partial charge is 0.334 e. The third kappa shape index (κ3) is 4.33. The Bertz CT molecular complexity index is 193. The molecule has 3 nitrogen and oxygen atoms in total. The minimum atomic E-state index is 0.135. The zero-order valence-corrected chi connectivity index (χ0v) is 10.6. The molecule has 0 aromatic heterocycles. The van der Waals surface area contributed by atoms with Gasteiger partial charge in [0.1, 0.15) is 0 Å². The van der Waals surface area contributed by atoms with Crippen LogP contribution < -0.4 is 5.32 Å². The van der Waals surface area contributed by atoms with Gasteiger partial charge in [0, 0.05) is 24.9 Å². The van der Waals surface area contributed by atoms with Gasteiger partial charge in [-0.05, 0) is 31.9 Å². The second-order valence-corrected chi connectivity index (χ2v) is 4.97. The summed E-state index contributed by atoms with van der Waals surface area (Å²) >= 11 is 1.79. The van der Waals surface area contributed by atoms with Gasteiger partial charge in [-0.2, -0.15) is 11.8 Å². The Labute approximate surface area is 97.0 Å². The molecule has 4 heteroatoms. The van der Waals surface area contributed by atoms with Gasteiger partial charge >= 0.3 is 6.03 Å². The van der Waals surface area contributed by atoms with E-state index in [-0.39, 0.29) is 6.03 Å². The van der Waals surface area contributed by atoms with Crippen LogP contribution in [0, 0.1) is 0 Å². The third-order valence-corrected chi connectivity index (χ3v) is 3.57. The maximum Gasteiger partial charge on any atom is 0.317 e. The number of carbonyl (C=O) groups is 1. The van der Waals surface area contributed by atoms with Crippen molar-refractivity contribution >= 4 is 17.8 Å². The number of urea groups is 1. The van der Waals surface area contributed by atoms with Crippen LogP contribution in [-0.4, -0.2) is 42.1 Å². The van der Waals surface area contributed by atoms with E-state index < -0.39 is 0 Å². The molecule has 88 valence electrons. The van der Waals surface area contributed by atoms with Gasteiger partial charge in [-0.1, -0.05) is 6.92 Å². The summed E-state index contributed by atoms with van der Waals surface area (Å²) in [5.41, 5.74) is 0. The molecule has 15 heavy (non-hydrogen) atoms. The fourth-order valence-corrected chi connectivity index (χ4v) is 2.55. The second kappa shape index (κ2) is 6.99. The maximum absolute atomic E-state index is 11.8. The molecule has 0 aliphatic carbocycles. The highest BCUT2D eigenvalue weighted by molar-refractivity contribution is 7.98. The molecule has 2 amide bonds. The highest BCUT2D eigenvalue weighted by Crippen LogP contribution is 2.09. The number of carbonyl (C=O) groups excluding carboxylic acids is 1. The molecule has 0 saturated carbocycles. The van der Waals surface area contributed by atoms with Crippen LogP contribution in [0.1, 0.15) is 32.6 Å². The average molecular weight is 230 g/mol. The summed E-state index contributed by atoms with van der Waals surface area (Å²) in [6.07, 6.45) is 6.68. The molecular weight excluding hydrogens is 208 g/mol. The molecule has 1 unspecified atom stereocenters. The molecule has 1 aliphatic rings. The summed E-state index contributed by atoms with van der Waals surface area (Å²) in [4.78, 5) is 13.8. The number of thioether (sulfide) groups is 1. The zero-order chi connectivity index (χ0) is 11.1. The number of hydrogen-bond donors (Lipinski definition) is 1. The number of nitrogens with zero attached hydrogens (tertiary/aromatic N) is 1. The van der Waals surface area contributed by atoms with E-state index in [1.165, 1.54) is 6.42 Å². The van der Waals surface area contributed by atoms with Gasteiger partial charge in [0.15, 0.2) is 0 Å². The lowest BCUT2D eigenvalue weighted by Gasteiger charge is -2.28. The molecular formula is C11H22N2OS. The van der Waals surface area contributed by atoms with E-state index in [9.17, 15) is 4.79 Å². The normalized spacial score (nSPS) is 18.7. The molecule has 0 radical (unpaired) electrons. The zero-order valence-electron chi connectivity index (χ0n) is 9.79. The fraction of sp³-hybridized carbons (Fsp3) is 0.909. The predicted octanol–water partition coefficient (Wildman–Crippen LogP) is 2.32. The molecule has 1 saturated heterocycles. The van der Waals surface area contributed by atoms with Crippen molar-refractivity contribution in [3.8, 4) is 0 Å². The number of rotatable bonds is 4. The molecule has 1 N–H and O–H groups in total. The summed E-state index contributed by atoms with van der Waals surface area (Å²) in [7, 11) is 0. The van der Waals surface area contributed by atoms with Crippen molar-refractivity contribution < 1.29 is 4.79 Å². The van der Waals surface area contributed by atoms with E-state index >= 15 is 0 Å². The summed E-state index contributed by atoms with van der Waals surface area (Å²) in [5.74, 6) is 1.01. The standard InChI is InChI=1S/C11H22N2OS/c1-3-10(9-15-2)12-11(14)13-7-5-4-6-8-13/h10H,3-9H2,1-2H3,(H,12,14). The third-order valence-electron chi connectivity index (χ3n) is 2.83. The van der Waals surface area contributed by atoms with Gasteiger partial charge in [-0.25, -0.2) is 4.79 Å². The van der Waals surface area contributed by atoms with Crippen LogP contribution in [0.2, 0.25) is 0 Å². The van der Waals surface area contributed by atoms with Crippen LogP contribution in [0.25, 0.3) is 0 Å². The lowest BCUT2D eigenvalue weighted by molar-refractivity contribution is 0.183. The number of likely N-dealkylation sites (tertiary alicyclic amines) is 1. The minimum absolute atomic E-state index is 0.135. The monoisotopic (exact) mass is 230 g/mol. The van der Waals surface area contributed by atoms with Gasteiger partial charge in [0.05, 0.1) is 0 Å². The smallest absolute Gasteiger partial charge is 0.317 e. The van der Waals surface area contributed by atoms with Gasteiger partial charge in [-0.3, -0.25) is 0 Å². The van der Waals surface area contributed by atoms with Gasteiger partial charge in [-0.15, -0.1) is 0 Å². The number of nitrogens with one attached hydrogen (secondary N) is 1. The van der Waals surface area contributed by atoms with Crippen LogP contribution in [0.4, 0.5) is 4.79 Å². The van der Waals surface area contributed by atoms with E-state index in [1.807, 2.05) is 4.90 Å². The first-order valence-electron chi connectivity index (χ1n) is 5.82. The van der Waals surface area contributed by atoms with Crippen molar-refractivity contribution in [2.75, 3.05) is 25.1 Å². The average Bonchev–Trinajstić information content (AvgIpc) is 2.29. The van der Waals surface area contributed by atoms with Crippen molar-refractivity contribution in [3.05, 3.63) is 0 Å². The Morgan fingerprint density at radius 1 is 1.40 bits per heavy atom. The Hall–Kier alpha value is -0.380. The quantitative estimate of drug-likeness (QED) is 0.804. The molecule has 1 fully saturated rings. The summed E-state index contributed by atoms with van der Waals surface area (Å²) in [5, 5.41) is 3.10. The number of amides is 2. The number of piperidine rings is 1. The van der Waals surface area contributed by atoms with E-state index in [1.54, 1.807) is 11.8 Å². The molecule has 1 heterocycles. The Kier molecular flexibility index (Phi) is 5.91. The first-order chi connectivity index (χ1) is 7.27. The lowest BCUT2D eigenvalue weighted by Crippen LogP contribution is -2.47. The predicted molar refractivity (Wildman–Crippen MR) is 66.4 cm³/mol. The molecule has 1 atom stereocenters. The van der Waals surface area contributed by atoms with Crippen LogP contribution in [-0.2, 0) is 0 Å². The molecule has 0 spiro atoms. The van der Waals surface area contributed by atoms with Gasteiger partial charge in [0.25, 0.3) is 0 Å². The van der Waals surface area contributed by atoms with E-state index in [4.69, 9.17) is 0 Å². The van der Waals surface area contributed by atoms with E-state index in [0.717, 1.165) is 38.1 Å². The van der Waals surface area contributed by atoms with Crippen LogP contribution in [0.5, 0.6) is 0 Å². The van der Waals surface area contributed by atoms with Crippen LogP contribution in [0.3, 0.4) is 0 Å². The highest BCUT2D eigenvalue weighted by atomic mass is 32.2. The van der Waals surface area contributed by atoms with Crippen molar-refractivity contribution in [2.45, 2.75) is 38.6 Å². The first kappa shape index (κ1) is 12.7. The van der Waals surface area contributed by atoms with Crippen molar-refractivity contribution in [1.29, 1.82) is 0 Å². The van der Waals surface area contributed by atoms with Crippen molar-refractivity contribution in [2.24, 2.45) is 0 Å². The molecule has 0 aromatic rings. The summed E-state index contributed by atoms with van der Waals surface area (Å²) in [6.45, 7) is 3.99. The van der Waals surface area contributed by atoms with E-state index in [2.05, 4.69) is 18.5 Å². The summed E-state index contributed by atoms with van der Waals surface area (Å²) in [6, 6.07) is 0.463. The Morgan fingerprint density at radius 3 is 2.60 bits per heavy atom. The Balaban J connectivity index is 2.31. The van der Waals surface area contributed by atoms with Crippen LogP contribution in [0.15, 0.2) is 0 Å². The molecule has 0 aromatic carbocycles. The molecule has 1 aliphatic heterocycles. The van der Waals surface area contributed by atoms with Crippen LogP contribution >= 0.6 is 11.8 Å². The second-order valence-electron chi connectivity index (χ2n) is 4.06. The first-order valence-corrected chi connectivity index (χ1v) is 7.21. The van der Waals surface area contributed by atoms with Crippen molar-refractivity contribution in [3.63, 3.8) is 0 Å². The maximum atomic E-state index is 11.8.